The Labute approximate surface area is 148 Å². The molecule has 1 saturated heterocycles. The molecular formula is C18H27N3O4. The summed E-state index contributed by atoms with van der Waals surface area (Å²) in [7, 11) is 0. The standard InChI is InChI=1S/C18H27N3O4/c1-18(2,3)25-16(22)20-11-15-12-21(10-9-19-15)17(23)24-13-14-7-5-4-6-8-14/h4-8,15,19H,9-13H2,1-3H3,(H,20,22). The fourth-order valence-corrected chi connectivity index (χ4v) is 2.46. The average molecular weight is 349 g/mol. The molecule has 1 unspecified atom stereocenters. The van der Waals surface area contributed by atoms with Gasteiger partial charge in [0.2, 0.25) is 0 Å². The molecule has 2 N–H and O–H groups in total. The molecule has 0 saturated carbocycles. The van der Waals surface area contributed by atoms with Gasteiger partial charge in [-0.1, -0.05) is 30.3 Å². The van der Waals surface area contributed by atoms with Gasteiger partial charge in [0, 0.05) is 32.2 Å². The van der Waals surface area contributed by atoms with Gasteiger partial charge in [0.1, 0.15) is 12.2 Å². The minimum Gasteiger partial charge on any atom is -0.445 e. The number of piperazine rings is 1. The molecule has 7 nitrogen and oxygen atoms in total. The Bertz CT molecular complexity index is 571. The van der Waals surface area contributed by atoms with Gasteiger partial charge in [-0.25, -0.2) is 9.59 Å². The molecule has 0 bridgehead atoms. The molecule has 1 atom stereocenters. The van der Waals surface area contributed by atoms with E-state index in [0.717, 1.165) is 5.56 Å². The van der Waals surface area contributed by atoms with Crippen molar-refractivity contribution in [3.05, 3.63) is 35.9 Å². The van der Waals surface area contributed by atoms with Gasteiger partial charge in [0.05, 0.1) is 0 Å². The van der Waals surface area contributed by atoms with E-state index in [9.17, 15) is 9.59 Å². The van der Waals surface area contributed by atoms with E-state index in [-0.39, 0.29) is 18.7 Å². The topological polar surface area (TPSA) is 79.9 Å². The lowest BCUT2D eigenvalue weighted by Gasteiger charge is -2.33. The van der Waals surface area contributed by atoms with Gasteiger partial charge in [-0.2, -0.15) is 0 Å². The van der Waals surface area contributed by atoms with Gasteiger partial charge in [0.15, 0.2) is 0 Å². The van der Waals surface area contributed by atoms with Gasteiger partial charge < -0.3 is 25.0 Å². The van der Waals surface area contributed by atoms with Crippen LogP contribution < -0.4 is 10.6 Å². The molecular weight excluding hydrogens is 322 g/mol. The fourth-order valence-electron chi connectivity index (χ4n) is 2.46. The van der Waals surface area contributed by atoms with Gasteiger partial charge in [0.25, 0.3) is 0 Å². The maximum absolute atomic E-state index is 12.2. The Morgan fingerprint density at radius 1 is 1.28 bits per heavy atom. The van der Waals surface area contributed by atoms with Crippen LogP contribution in [0.2, 0.25) is 0 Å². The largest absolute Gasteiger partial charge is 0.445 e. The maximum atomic E-state index is 12.2. The Morgan fingerprint density at radius 3 is 2.68 bits per heavy atom. The monoisotopic (exact) mass is 349 g/mol. The van der Waals surface area contributed by atoms with Crippen LogP contribution in [0.1, 0.15) is 26.3 Å². The van der Waals surface area contributed by atoms with Crippen molar-refractivity contribution < 1.29 is 19.1 Å². The van der Waals surface area contributed by atoms with E-state index in [4.69, 9.17) is 9.47 Å². The molecule has 7 heteroatoms. The van der Waals surface area contributed by atoms with Crippen molar-refractivity contribution in [1.29, 1.82) is 0 Å². The average Bonchev–Trinajstić information content (AvgIpc) is 2.57. The molecule has 25 heavy (non-hydrogen) atoms. The van der Waals surface area contributed by atoms with E-state index >= 15 is 0 Å². The van der Waals surface area contributed by atoms with Gasteiger partial charge in [-0.05, 0) is 26.3 Å². The number of hydrogen-bond acceptors (Lipinski definition) is 5. The molecule has 0 spiro atoms. The highest BCUT2D eigenvalue weighted by atomic mass is 16.6. The lowest BCUT2D eigenvalue weighted by atomic mass is 10.2. The van der Waals surface area contributed by atoms with Crippen LogP contribution in [0.4, 0.5) is 9.59 Å². The second-order valence-corrected chi connectivity index (χ2v) is 7.02. The first-order valence-electron chi connectivity index (χ1n) is 8.49. The van der Waals surface area contributed by atoms with E-state index in [0.29, 0.717) is 26.2 Å². The van der Waals surface area contributed by atoms with Crippen LogP contribution in [-0.4, -0.2) is 54.9 Å². The van der Waals surface area contributed by atoms with Crippen molar-refractivity contribution in [3.63, 3.8) is 0 Å². The first kappa shape index (κ1) is 19.1. The predicted molar refractivity (Wildman–Crippen MR) is 94.2 cm³/mol. The highest BCUT2D eigenvalue weighted by Gasteiger charge is 2.25. The Morgan fingerprint density at radius 2 is 2.00 bits per heavy atom. The lowest BCUT2D eigenvalue weighted by molar-refractivity contribution is 0.0513. The molecule has 0 aliphatic carbocycles. The number of ether oxygens (including phenoxy) is 2. The SMILES string of the molecule is CC(C)(C)OC(=O)NCC1CN(C(=O)OCc2ccccc2)CCN1. The summed E-state index contributed by atoms with van der Waals surface area (Å²) < 4.78 is 10.6. The van der Waals surface area contributed by atoms with E-state index in [1.807, 2.05) is 51.1 Å². The number of carbonyl (C=O) groups is 2. The molecule has 138 valence electrons. The van der Waals surface area contributed by atoms with Crippen LogP contribution in [0.25, 0.3) is 0 Å². The summed E-state index contributed by atoms with van der Waals surface area (Å²) >= 11 is 0. The minimum absolute atomic E-state index is 0.0365. The Balaban J connectivity index is 1.74. The van der Waals surface area contributed by atoms with Crippen LogP contribution in [0.3, 0.4) is 0 Å². The van der Waals surface area contributed by atoms with Crippen LogP contribution in [0, 0.1) is 0 Å². The van der Waals surface area contributed by atoms with Gasteiger partial charge >= 0.3 is 12.2 Å². The lowest BCUT2D eigenvalue weighted by Crippen LogP contribution is -2.56. The summed E-state index contributed by atoms with van der Waals surface area (Å²) in [6, 6.07) is 9.53. The summed E-state index contributed by atoms with van der Waals surface area (Å²) in [6.07, 6.45) is -0.800. The quantitative estimate of drug-likeness (QED) is 0.870. The number of nitrogens with zero attached hydrogens (tertiary/aromatic N) is 1. The number of carbonyl (C=O) groups excluding carboxylic acids is 2. The first-order chi connectivity index (χ1) is 11.8. The normalized spacial score (nSPS) is 17.7. The number of benzene rings is 1. The van der Waals surface area contributed by atoms with Crippen LogP contribution in [-0.2, 0) is 16.1 Å². The maximum Gasteiger partial charge on any atom is 0.410 e. The van der Waals surface area contributed by atoms with Crippen molar-refractivity contribution in [2.75, 3.05) is 26.2 Å². The Kier molecular flexibility index (Phi) is 6.64. The zero-order valence-corrected chi connectivity index (χ0v) is 15.1. The molecule has 2 amide bonds. The van der Waals surface area contributed by atoms with Crippen molar-refractivity contribution in [3.8, 4) is 0 Å². The smallest absolute Gasteiger partial charge is 0.410 e. The van der Waals surface area contributed by atoms with Crippen molar-refractivity contribution in [2.45, 2.75) is 39.0 Å². The molecule has 1 fully saturated rings. The second kappa shape index (κ2) is 8.71. The number of alkyl carbamates (subject to hydrolysis) is 1. The van der Waals surface area contributed by atoms with Crippen molar-refractivity contribution in [2.24, 2.45) is 0 Å². The zero-order chi connectivity index (χ0) is 18.3. The summed E-state index contributed by atoms with van der Waals surface area (Å²) in [4.78, 5) is 25.6. The predicted octanol–water partition coefficient (Wildman–Crippen LogP) is 2.12. The van der Waals surface area contributed by atoms with Gasteiger partial charge in [-0.15, -0.1) is 0 Å². The number of amides is 2. The number of nitrogens with one attached hydrogen (secondary N) is 2. The zero-order valence-electron chi connectivity index (χ0n) is 15.1. The van der Waals surface area contributed by atoms with E-state index in [1.54, 1.807) is 4.90 Å². The van der Waals surface area contributed by atoms with E-state index in [1.165, 1.54) is 0 Å². The van der Waals surface area contributed by atoms with E-state index in [2.05, 4.69) is 10.6 Å². The molecule has 1 aliphatic heterocycles. The minimum atomic E-state index is -0.530. The first-order valence-corrected chi connectivity index (χ1v) is 8.49. The third-order valence-corrected chi connectivity index (χ3v) is 3.61. The summed E-state index contributed by atoms with van der Waals surface area (Å²) in [6.45, 7) is 7.80. The molecule has 1 aromatic carbocycles. The second-order valence-electron chi connectivity index (χ2n) is 7.02. The van der Waals surface area contributed by atoms with E-state index < -0.39 is 11.7 Å². The molecule has 1 heterocycles. The third kappa shape index (κ3) is 7.01. The molecule has 0 radical (unpaired) electrons. The Hall–Kier alpha value is -2.28. The molecule has 1 aromatic rings. The number of hydrogen-bond donors (Lipinski definition) is 2. The highest BCUT2D eigenvalue weighted by Crippen LogP contribution is 2.08. The van der Waals surface area contributed by atoms with Crippen molar-refractivity contribution >= 4 is 12.2 Å². The summed E-state index contributed by atoms with van der Waals surface area (Å²) in [5, 5.41) is 6.00. The third-order valence-electron chi connectivity index (χ3n) is 3.61. The highest BCUT2D eigenvalue weighted by molar-refractivity contribution is 5.68. The molecule has 2 rings (SSSR count). The fraction of sp³-hybridized carbons (Fsp3) is 0.556. The van der Waals surface area contributed by atoms with Gasteiger partial charge in [-0.3, -0.25) is 0 Å². The van der Waals surface area contributed by atoms with Crippen LogP contribution in [0.15, 0.2) is 30.3 Å². The van der Waals surface area contributed by atoms with Crippen molar-refractivity contribution in [1.82, 2.24) is 15.5 Å². The van der Waals surface area contributed by atoms with Crippen LogP contribution in [0.5, 0.6) is 0 Å². The number of rotatable bonds is 4. The molecule has 0 aromatic heterocycles. The summed E-state index contributed by atoms with van der Waals surface area (Å²) in [5.41, 5.74) is 0.422. The summed E-state index contributed by atoms with van der Waals surface area (Å²) in [5.74, 6) is 0. The van der Waals surface area contributed by atoms with Crippen LogP contribution >= 0.6 is 0 Å². The molecule has 1 aliphatic rings.